The van der Waals surface area contributed by atoms with Gasteiger partial charge in [0.25, 0.3) is 0 Å². The number of fused-ring (bicyclic) bond motifs is 2. The molecule has 0 saturated carbocycles. The quantitative estimate of drug-likeness (QED) is 0.728. The lowest BCUT2D eigenvalue weighted by Gasteiger charge is -2.40. The predicted molar refractivity (Wildman–Crippen MR) is 111 cm³/mol. The number of hydrogen-bond acceptors (Lipinski definition) is 4. The lowest BCUT2D eigenvalue weighted by molar-refractivity contribution is -0.133. The average molecular weight is 407 g/mol. The van der Waals surface area contributed by atoms with E-state index in [0.29, 0.717) is 29.9 Å². The van der Waals surface area contributed by atoms with Gasteiger partial charge in [0.05, 0.1) is 0 Å². The van der Waals surface area contributed by atoms with Crippen molar-refractivity contribution < 1.29 is 13.6 Å². The molecule has 3 unspecified atom stereocenters. The number of piperidine rings is 1. The van der Waals surface area contributed by atoms with Crippen LogP contribution >= 0.6 is 0 Å². The number of rotatable bonds is 4. The maximum absolute atomic E-state index is 15.6. The van der Waals surface area contributed by atoms with Crippen molar-refractivity contribution in [3.05, 3.63) is 72.3 Å². The van der Waals surface area contributed by atoms with Gasteiger partial charge in [0, 0.05) is 42.4 Å². The van der Waals surface area contributed by atoms with Crippen LogP contribution < -0.4 is 4.90 Å². The second kappa shape index (κ2) is 7.42. The number of ketones is 1. The first-order valence-corrected chi connectivity index (χ1v) is 10.5. The Hall–Kier alpha value is -2.89. The van der Waals surface area contributed by atoms with Crippen LogP contribution in [0.4, 0.5) is 14.7 Å². The number of aromatic nitrogens is 2. The van der Waals surface area contributed by atoms with Gasteiger partial charge in [-0.2, -0.15) is 0 Å². The molecule has 1 aromatic heterocycles. The van der Waals surface area contributed by atoms with Crippen LogP contribution in [0, 0.1) is 5.92 Å². The summed E-state index contributed by atoms with van der Waals surface area (Å²) in [7, 11) is 0. The zero-order valence-corrected chi connectivity index (χ0v) is 16.5. The Morgan fingerprint density at radius 3 is 2.33 bits per heavy atom. The molecule has 0 amide bonds. The van der Waals surface area contributed by atoms with Crippen molar-refractivity contribution in [3.8, 4) is 0 Å². The zero-order valence-electron chi connectivity index (χ0n) is 16.5. The summed E-state index contributed by atoms with van der Waals surface area (Å²) in [4.78, 5) is 24.0. The first kappa shape index (κ1) is 19.1. The van der Waals surface area contributed by atoms with Gasteiger partial charge < -0.3 is 4.90 Å². The molecule has 2 bridgehead atoms. The lowest BCUT2D eigenvalue weighted by atomic mass is 9.77. The molecule has 3 heterocycles. The number of hydrogen-bond donors (Lipinski definition) is 0. The molecule has 6 heteroatoms. The summed E-state index contributed by atoms with van der Waals surface area (Å²) in [6.45, 7) is 0. The third kappa shape index (κ3) is 3.24. The van der Waals surface area contributed by atoms with Crippen molar-refractivity contribution in [2.75, 3.05) is 4.90 Å². The van der Waals surface area contributed by atoms with Gasteiger partial charge in [0.1, 0.15) is 5.83 Å². The normalized spacial score (nSPS) is 30.6. The highest BCUT2D eigenvalue weighted by molar-refractivity contribution is 5.94. The van der Waals surface area contributed by atoms with Crippen molar-refractivity contribution in [2.45, 2.75) is 49.9 Å². The fourth-order valence-corrected chi connectivity index (χ4v) is 5.21. The molecular formula is C24H23F2N3O. The highest BCUT2D eigenvalue weighted by Crippen LogP contribution is 2.44. The van der Waals surface area contributed by atoms with Gasteiger partial charge in [-0.15, -0.1) is 0 Å². The predicted octanol–water partition coefficient (Wildman–Crippen LogP) is 4.84. The number of Topliss-reactive ketones (excluding diaryl/α,β-unsaturated/α-hetero) is 1. The van der Waals surface area contributed by atoms with Crippen LogP contribution in [0.15, 0.2) is 66.8 Å². The summed E-state index contributed by atoms with van der Waals surface area (Å²) in [5.41, 5.74) is -1.24. The minimum atomic E-state index is -2.28. The molecule has 0 spiro atoms. The Balaban J connectivity index is 1.33. The summed E-state index contributed by atoms with van der Waals surface area (Å²) in [5, 5.41) is 0. The molecule has 2 fully saturated rings. The van der Waals surface area contributed by atoms with Gasteiger partial charge in [-0.05, 0) is 43.4 Å². The molecule has 3 atom stereocenters. The van der Waals surface area contributed by atoms with E-state index < -0.39 is 29.6 Å². The highest BCUT2D eigenvalue weighted by atomic mass is 19.1. The summed E-state index contributed by atoms with van der Waals surface area (Å²) in [6.07, 6.45) is 8.58. The van der Waals surface area contributed by atoms with Crippen molar-refractivity contribution >= 4 is 17.3 Å². The number of anilines is 1. The number of benzene rings is 1. The smallest absolute Gasteiger partial charge is 0.225 e. The summed E-state index contributed by atoms with van der Waals surface area (Å²) in [5.74, 6) is -0.808. The van der Waals surface area contributed by atoms with Gasteiger partial charge in [0.15, 0.2) is 11.5 Å². The maximum atomic E-state index is 15.6. The number of carbonyl (C=O) groups excluding carboxylic acids is 1. The highest BCUT2D eigenvalue weighted by Gasteiger charge is 2.49. The van der Waals surface area contributed by atoms with E-state index >= 15 is 4.39 Å². The SMILES string of the molecule is O=C(C1CC2CCC(C1)N2c1ncccn1)C1(F)C=CC(c2ccccc2)=C(F)C1. The van der Waals surface area contributed by atoms with Crippen LogP contribution in [0.3, 0.4) is 0 Å². The summed E-state index contributed by atoms with van der Waals surface area (Å²) >= 11 is 0. The Morgan fingerprint density at radius 2 is 1.70 bits per heavy atom. The molecule has 0 radical (unpaired) electrons. The largest absolute Gasteiger partial charge is 0.335 e. The Kier molecular flexibility index (Phi) is 4.72. The van der Waals surface area contributed by atoms with E-state index in [0.717, 1.165) is 12.8 Å². The first-order chi connectivity index (χ1) is 14.5. The number of carbonyl (C=O) groups is 1. The minimum absolute atomic E-state index is 0.122. The van der Waals surface area contributed by atoms with E-state index in [-0.39, 0.29) is 12.1 Å². The molecule has 5 rings (SSSR count). The van der Waals surface area contributed by atoms with Crippen LogP contribution in [0.5, 0.6) is 0 Å². The van der Waals surface area contributed by atoms with Crippen molar-refractivity contribution in [1.82, 2.24) is 9.97 Å². The molecule has 2 aromatic rings. The van der Waals surface area contributed by atoms with E-state index in [1.54, 1.807) is 30.6 Å². The standard InChI is InChI=1S/C24H23F2N3O/c25-21-15-24(26,10-9-20(21)16-5-2-1-3-6-16)22(30)17-13-18-7-8-19(14-17)29(18)23-27-11-4-12-28-23/h1-6,9-12,17-19H,7-8,13-15H2. The maximum Gasteiger partial charge on any atom is 0.225 e. The number of alkyl halides is 1. The first-order valence-electron chi connectivity index (χ1n) is 10.5. The number of halogens is 2. The molecule has 2 aliphatic heterocycles. The van der Waals surface area contributed by atoms with Crippen molar-refractivity contribution in [1.29, 1.82) is 0 Å². The van der Waals surface area contributed by atoms with Crippen LogP contribution in [-0.2, 0) is 4.79 Å². The van der Waals surface area contributed by atoms with Gasteiger partial charge in [-0.25, -0.2) is 18.7 Å². The fourth-order valence-electron chi connectivity index (χ4n) is 5.21. The van der Waals surface area contributed by atoms with E-state index in [2.05, 4.69) is 14.9 Å². The second-order valence-corrected chi connectivity index (χ2v) is 8.43. The monoisotopic (exact) mass is 407 g/mol. The number of allylic oxidation sites excluding steroid dienone is 4. The van der Waals surface area contributed by atoms with Crippen molar-refractivity contribution in [3.63, 3.8) is 0 Å². The summed E-state index contributed by atoms with van der Waals surface area (Å²) < 4.78 is 30.5. The minimum Gasteiger partial charge on any atom is -0.335 e. The molecule has 4 nitrogen and oxygen atoms in total. The van der Waals surface area contributed by atoms with Gasteiger partial charge >= 0.3 is 0 Å². The molecule has 3 aliphatic rings. The topological polar surface area (TPSA) is 46.1 Å². The van der Waals surface area contributed by atoms with Gasteiger partial charge in [-0.3, -0.25) is 4.79 Å². The Labute approximate surface area is 174 Å². The Morgan fingerprint density at radius 1 is 1.03 bits per heavy atom. The number of nitrogens with zero attached hydrogens (tertiary/aromatic N) is 3. The van der Waals surface area contributed by atoms with Crippen LogP contribution in [0.1, 0.15) is 37.7 Å². The summed E-state index contributed by atoms with van der Waals surface area (Å²) in [6, 6.07) is 11.1. The van der Waals surface area contributed by atoms with Crippen LogP contribution in [0.2, 0.25) is 0 Å². The van der Waals surface area contributed by atoms with E-state index in [4.69, 9.17) is 0 Å². The molecular weight excluding hydrogens is 384 g/mol. The van der Waals surface area contributed by atoms with Crippen LogP contribution in [-0.4, -0.2) is 33.5 Å². The molecule has 1 aliphatic carbocycles. The molecule has 1 aromatic carbocycles. The second-order valence-electron chi connectivity index (χ2n) is 8.43. The van der Waals surface area contributed by atoms with E-state index in [1.165, 1.54) is 12.2 Å². The molecule has 2 saturated heterocycles. The molecule has 30 heavy (non-hydrogen) atoms. The third-order valence-corrected chi connectivity index (χ3v) is 6.60. The third-order valence-electron chi connectivity index (χ3n) is 6.60. The lowest BCUT2D eigenvalue weighted by Crippen LogP contribution is -2.49. The Bertz CT molecular complexity index is 994. The van der Waals surface area contributed by atoms with Crippen LogP contribution in [0.25, 0.3) is 5.57 Å². The molecule has 0 N–H and O–H groups in total. The van der Waals surface area contributed by atoms with E-state index in [9.17, 15) is 9.18 Å². The van der Waals surface area contributed by atoms with Crippen molar-refractivity contribution in [2.24, 2.45) is 5.92 Å². The average Bonchev–Trinajstić information content (AvgIpc) is 3.04. The fraction of sp³-hybridized carbons (Fsp3) is 0.375. The molecule has 154 valence electrons. The van der Waals surface area contributed by atoms with E-state index in [1.807, 2.05) is 18.2 Å². The zero-order chi connectivity index (χ0) is 20.7. The van der Waals surface area contributed by atoms with Gasteiger partial charge in [0.2, 0.25) is 5.95 Å². The van der Waals surface area contributed by atoms with Gasteiger partial charge in [-0.1, -0.05) is 36.4 Å².